The quantitative estimate of drug-likeness (QED) is 0.392. The molecular weight excluding hydrogens is 382 g/mol. The number of nitro groups is 1. The number of Topliss-reactive ketones (excluding diaryl/α,β-unsaturated/α-hetero) is 1. The van der Waals surface area contributed by atoms with Crippen LogP contribution >= 0.6 is 11.3 Å². The summed E-state index contributed by atoms with van der Waals surface area (Å²) in [6.07, 6.45) is 0.579. The average molecular weight is 397 g/mol. The first kappa shape index (κ1) is 18.1. The van der Waals surface area contributed by atoms with Crippen molar-refractivity contribution in [3.05, 3.63) is 69.9 Å². The molecule has 1 aromatic heterocycles. The lowest BCUT2D eigenvalue weighted by Gasteiger charge is -2.27. The zero-order valence-electron chi connectivity index (χ0n) is 14.7. The van der Waals surface area contributed by atoms with Crippen molar-refractivity contribution in [1.82, 2.24) is 4.98 Å². The molecule has 8 nitrogen and oxygen atoms in total. The maximum absolute atomic E-state index is 13.0. The smallest absolute Gasteiger partial charge is 0.270 e. The number of fused-ring (bicyclic) bond motifs is 2. The van der Waals surface area contributed by atoms with Gasteiger partial charge in [-0.1, -0.05) is 23.5 Å². The van der Waals surface area contributed by atoms with E-state index in [1.165, 1.54) is 35.7 Å². The lowest BCUT2D eigenvalue weighted by molar-refractivity contribution is -0.384. The van der Waals surface area contributed by atoms with E-state index in [0.29, 0.717) is 11.7 Å². The standard InChI is InChI=1S/C19H15N3O5S/c1-2-26-18-13(10-20-19-21-14-5-3-4-6-16(14)28-19)17(23)12-9-11(22(24)25)7-8-15(12)27-18/h3-10,18H,2H2,1H3,(H,20,21). The van der Waals surface area contributed by atoms with E-state index in [4.69, 9.17) is 9.47 Å². The number of hydrogen-bond donors (Lipinski definition) is 1. The molecule has 0 saturated carbocycles. The highest BCUT2D eigenvalue weighted by molar-refractivity contribution is 7.22. The highest BCUT2D eigenvalue weighted by Gasteiger charge is 2.33. The number of carbonyl (C=O) groups excluding carboxylic acids is 1. The first-order valence-corrected chi connectivity index (χ1v) is 9.32. The summed E-state index contributed by atoms with van der Waals surface area (Å²) in [7, 11) is 0. The van der Waals surface area contributed by atoms with E-state index in [2.05, 4.69) is 10.3 Å². The molecule has 1 aliphatic rings. The van der Waals surface area contributed by atoms with Crippen molar-refractivity contribution in [1.29, 1.82) is 0 Å². The summed E-state index contributed by atoms with van der Waals surface area (Å²) in [5.41, 5.74) is 1.02. The van der Waals surface area contributed by atoms with Gasteiger partial charge in [0.15, 0.2) is 5.13 Å². The Morgan fingerprint density at radius 3 is 2.93 bits per heavy atom. The van der Waals surface area contributed by atoms with Gasteiger partial charge in [-0.25, -0.2) is 4.98 Å². The Morgan fingerprint density at radius 2 is 2.18 bits per heavy atom. The molecule has 1 unspecified atom stereocenters. The number of benzene rings is 2. The summed E-state index contributed by atoms with van der Waals surface area (Å²) < 4.78 is 12.3. The van der Waals surface area contributed by atoms with Crippen LogP contribution in [0.4, 0.5) is 10.8 Å². The number of aromatic nitrogens is 1. The summed E-state index contributed by atoms with van der Waals surface area (Å²) in [6, 6.07) is 11.6. The Kier molecular flexibility index (Phi) is 4.76. The second-order valence-electron chi connectivity index (χ2n) is 5.90. The van der Waals surface area contributed by atoms with Crippen LogP contribution < -0.4 is 10.1 Å². The fourth-order valence-electron chi connectivity index (χ4n) is 2.84. The van der Waals surface area contributed by atoms with Crippen LogP contribution in [0, 0.1) is 10.1 Å². The van der Waals surface area contributed by atoms with Gasteiger partial charge in [-0.05, 0) is 25.1 Å². The summed E-state index contributed by atoms with van der Waals surface area (Å²) in [5, 5.41) is 14.7. The molecule has 9 heteroatoms. The van der Waals surface area contributed by atoms with Gasteiger partial charge in [-0.2, -0.15) is 0 Å². The SMILES string of the molecule is CCOC1Oc2ccc([N+](=O)[O-])cc2C(=O)C1=CNc1nc2ccccc2s1. The Morgan fingerprint density at radius 1 is 1.36 bits per heavy atom. The molecule has 142 valence electrons. The zero-order valence-corrected chi connectivity index (χ0v) is 15.6. The minimum Gasteiger partial charge on any atom is -0.460 e. The van der Waals surface area contributed by atoms with Gasteiger partial charge >= 0.3 is 0 Å². The lowest BCUT2D eigenvalue weighted by atomic mass is 9.99. The van der Waals surface area contributed by atoms with E-state index in [-0.39, 0.29) is 22.6 Å². The number of para-hydroxylation sites is 1. The first-order chi connectivity index (χ1) is 13.6. The van der Waals surface area contributed by atoms with Crippen molar-refractivity contribution in [2.75, 3.05) is 11.9 Å². The van der Waals surface area contributed by atoms with E-state index in [0.717, 1.165) is 10.2 Å². The van der Waals surface area contributed by atoms with E-state index in [1.807, 2.05) is 24.3 Å². The van der Waals surface area contributed by atoms with Gasteiger partial charge in [0.1, 0.15) is 5.75 Å². The van der Waals surface area contributed by atoms with Gasteiger partial charge in [0.05, 0.1) is 26.3 Å². The zero-order chi connectivity index (χ0) is 19.7. The third kappa shape index (κ3) is 3.32. The second-order valence-corrected chi connectivity index (χ2v) is 6.93. The number of nitro benzene ring substituents is 1. The predicted octanol–water partition coefficient (Wildman–Crippen LogP) is 4.14. The molecule has 0 bridgehead atoms. The summed E-state index contributed by atoms with van der Waals surface area (Å²) >= 11 is 1.44. The number of carbonyl (C=O) groups is 1. The number of rotatable bonds is 5. The maximum Gasteiger partial charge on any atom is 0.270 e. The molecule has 0 fully saturated rings. The maximum atomic E-state index is 13.0. The minimum atomic E-state index is -0.909. The van der Waals surface area contributed by atoms with Gasteiger partial charge in [-0.15, -0.1) is 0 Å². The Bertz CT molecular complexity index is 1070. The minimum absolute atomic E-state index is 0.127. The number of anilines is 1. The van der Waals surface area contributed by atoms with Crippen molar-refractivity contribution < 1.29 is 19.2 Å². The van der Waals surface area contributed by atoms with Crippen LogP contribution in [-0.4, -0.2) is 28.6 Å². The number of nitrogens with one attached hydrogen (secondary N) is 1. The van der Waals surface area contributed by atoms with E-state index in [1.54, 1.807) is 6.92 Å². The van der Waals surface area contributed by atoms with Crippen LogP contribution in [0.25, 0.3) is 10.2 Å². The third-order valence-corrected chi connectivity index (χ3v) is 5.10. The van der Waals surface area contributed by atoms with E-state index >= 15 is 0 Å². The van der Waals surface area contributed by atoms with Crippen molar-refractivity contribution in [2.24, 2.45) is 0 Å². The lowest BCUT2D eigenvalue weighted by Crippen LogP contribution is -2.33. The number of non-ortho nitro benzene ring substituents is 1. The second kappa shape index (κ2) is 7.37. The van der Waals surface area contributed by atoms with E-state index < -0.39 is 17.0 Å². The Hall–Kier alpha value is -3.30. The monoisotopic (exact) mass is 397 g/mol. The Labute approximate surface area is 163 Å². The van der Waals surface area contributed by atoms with Crippen LogP contribution in [0.5, 0.6) is 5.75 Å². The van der Waals surface area contributed by atoms with Crippen LogP contribution in [0.1, 0.15) is 17.3 Å². The third-order valence-electron chi connectivity index (χ3n) is 4.13. The summed E-state index contributed by atoms with van der Waals surface area (Å²) in [6.45, 7) is 2.12. The molecule has 0 amide bonds. The molecule has 0 aliphatic carbocycles. The van der Waals surface area contributed by atoms with Crippen molar-refractivity contribution >= 4 is 38.2 Å². The normalized spacial score (nSPS) is 17.4. The highest BCUT2D eigenvalue weighted by atomic mass is 32.1. The van der Waals surface area contributed by atoms with E-state index in [9.17, 15) is 14.9 Å². The molecule has 1 atom stereocenters. The van der Waals surface area contributed by atoms with Gasteiger partial charge < -0.3 is 14.8 Å². The molecule has 0 spiro atoms. The van der Waals surface area contributed by atoms with Crippen LogP contribution in [-0.2, 0) is 4.74 Å². The molecule has 2 aromatic carbocycles. The van der Waals surface area contributed by atoms with Gasteiger partial charge in [0.25, 0.3) is 5.69 Å². The molecule has 1 N–H and O–H groups in total. The molecular formula is C19H15N3O5S. The fourth-order valence-corrected chi connectivity index (χ4v) is 3.67. The predicted molar refractivity (Wildman–Crippen MR) is 105 cm³/mol. The fraction of sp³-hybridized carbons (Fsp3) is 0.158. The summed E-state index contributed by atoms with van der Waals surface area (Å²) in [4.78, 5) is 27.9. The van der Waals surface area contributed by atoms with Crippen LogP contribution in [0.2, 0.25) is 0 Å². The number of thiazole rings is 1. The largest absolute Gasteiger partial charge is 0.460 e. The van der Waals surface area contributed by atoms with Crippen molar-refractivity contribution in [3.8, 4) is 5.75 Å². The topological polar surface area (TPSA) is 104 Å². The Balaban J connectivity index is 1.68. The molecule has 0 saturated heterocycles. The van der Waals surface area contributed by atoms with Crippen LogP contribution in [0.3, 0.4) is 0 Å². The molecule has 28 heavy (non-hydrogen) atoms. The molecule has 0 radical (unpaired) electrons. The number of ketones is 1. The van der Waals surface area contributed by atoms with Gasteiger partial charge in [0, 0.05) is 24.9 Å². The highest BCUT2D eigenvalue weighted by Crippen LogP contribution is 2.34. The summed E-state index contributed by atoms with van der Waals surface area (Å²) in [5.74, 6) is -0.136. The first-order valence-electron chi connectivity index (χ1n) is 8.50. The van der Waals surface area contributed by atoms with Crippen molar-refractivity contribution in [2.45, 2.75) is 13.2 Å². The molecule has 1 aliphatic heterocycles. The number of hydrogen-bond acceptors (Lipinski definition) is 8. The number of ether oxygens (including phenoxy) is 2. The van der Waals surface area contributed by atoms with Crippen molar-refractivity contribution in [3.63, 3.8) is 0 Å². The van der Waals surface area contributed by atoms with Crippen LogP contribution in [0.15, 0.2) is 54.2 Å². The molecule has 3 aromatic rings. The molecule has 4 rings (SSSR count). The average Bonchev–Trinajstić information content (AvgIpc) is 3.10. The molecule has 2 heterocycles. The van der Waals surface area contributed by atoms with Gasteiger partial charge in [0.2, 0.25) is 12.1 Å². The van der Waals surface area contributed by atoms with Gasteiger partial charge in [-0.3, -0.25) is 14.9 Å². The number of nitrogens with zero attached hydrogens (tertiary/aromatic N) is 2.